The monoisotopic (exact) mass is 402 g/mol. The number of benzene rings is 2. The first-order valence-corrected chi connectivity index (χ1v) is 11.0. The van der Waals surface area contributed by atoms with Crippen LogP contribution >= 0.6 is 11.3 Å². The Morgan fingerprint density at radius 2 is 1.74 bits per heavy atom. The molecule has 3 rings (SSSR count). The molecule has 2 aromatic carbocycles. The van der Waals surface area contributed by atoms with Crippen molar-refractivity contribution in [2.45, 2.75) is 25.2 Å². The molecule has 0 aliphatic rings. The maximum Gasteiger partial charge on any atom is 0.263 e. The summed E-state index contributed by atoms with van der Waals surface area (Å²) in [5.41, 5.74) is 3.00. The summed E-state index contributed by atoms with van der Waals surface area (Å²) in [5, 5.41) is 2.19. The van der Waals surface area contributed by atoms with Gasteiger partial charge in [-0.25, -0.2) is 13.4 Å². The van der Waals surface area contributed by atoms with Crippen LogP contribution < -0.4 is 9.46 Å². The summed E-state index contributed by atoms with van der Waals surface area (Å²) in [6, 6.07) is 14.5. The number of nitrogens with one attached hydrogen (secondary N) is 1. The standard InChI is InChI=1S/C20H22N2O3S2/c1-14(2)12-15-4-6-16(7-5-15)19-13-26-20(21-19)22-27(23,24)18-10-8-17(25-3)9-11-18/h4-11,13-14H,12H2,1-3H3,(H,21,22). The second-order valence-corrected chi connectivity index (χ2v) is 9.15. The van der Waals surface area contributed by atoms with E-state index in [2.05, 4.69) is 35.7 Å². The van der Waals surface area contributed by atoms with E-state index in [1.807, 2.05) is 17.5 Å². The van der Waals surface area contributed by atoms with Gasteiger partial charge in [0.1, 0.15) is 5.75 Å². The third-order valence-electron chi connectivity index (χ3n) is 3.99. The Bertz CT molecular complexity index is 992. The van der Waals surface area contributed by atoms with Crippen LogP contribution in [-0.2, 0) is 16.4 Å². The number of sulfonamides is 1. The molecule has 5 nitrogen and oxygen atoms in total. The zero-order valence-electron chi connectivity index (χ0n) is 15.5. The number of methoxy groups -OCH3 is 1. The minimum absolute atomic E-state index is 0.165. The number of aromatic nitrogens is 1. The summed E-state index contributed by atoms with van der Waals surface area (Å²) in [6.45, 7) is 4.38. The number of thiazole rings is 1. The third kappa shape index (κ3) is 4.87. The van der Waals surface area contributed by atoms with E-state index in [1.54, 1.807) is 12.1 Å². The second kappa shape index (κ2) is 8.10. The van der Waals surface area contributed by atoms with Crippen molar-refractivity contribution in [2.24, 2.45) is 5.92 Å². The van der Waals surface area contributed by atoms with Gasteiger partial charge >= 0.3 is 0 Å². The lowest BCUT2D eigenvalue weighted by Crippen LogP contribution is -2.12. The van der Waals surface area contributed by atoms with Crippen molar-refractivity contribution in [2.75, 3.05) is 11.8 Å². The number of nitrogens with zero attached hydrogens (tertiary/aromatic N) is 1. The minimum atomic E-state index is -3.69. The Balaban J connectivity index is 1.75. The van der Waals surface area contributed by atoms with Crippen LogP contribution in [0.1, 0.15) is 19.4 Å². The topological polar surface area (TPSA) is 68.3 Å². The molecule has 0 bridgehead atoms. The molecular weight excluding hydrogens is 380 g/mol. The van der Waals surface area contributed by atoms with Gasteiger partial charge in [-0.1, -0.05) is 38.1 Å². The van der Waals surface area contributed by atoms with E-state index in [0.29, 0.717) is 16.8 Å². The van der Waals surface area contributed by atoms with Gasteiger partial charge in [-0.05, 0) is 42.2 Å². The lowest BCUT2D eigenvalue weighted by molar-refractivity contribution is 0.414. The van der Waals surface area contributed by atoms with Gasteiger partial charge in [0, 0.05) is 10.9 Å². The highest BCUT2D eigenvalue weighted by Crippen LogP contribution is 2.27. The Morgan fingerprint density at radius 3 is 2.33 bits per heavy atom. The molecule has 142 valence electrons. The lowest BCUT2D eigenvalue weighted by Gasteiger charge is -2.06. The molecule has 0 saturated heterocycles. The SMILES string of the molecule is COc1ccc(S(=O)(=O)Nc2nc(-c3ccc(CC(C)C)cc3)cs2)cc1. The first kappa shape index (κ1) is 19.4. The lowest BCUT2D eigenvalue weighted by atomic mass is 10.0. The normalized spacial score (nSPS) is 11.6. The average molecular weight is 403 g/mol. The number of ether oxygens (including phenoxy) is 1. The van der Waals surface area contributed by atoms with Crippen LogP contribution in [0.3, 0.4) is 0 Å². The van der Waals surface area contributed by atoms with Crippen molar-refractivity contribution >= 4 is 26.5 Å². The van der Waals surface area contributed by atoms with Gasteiger partial charge in [-0.3, -0.25) is 4.72 Å². The Morgan fingerprint density at radius 1 is 1.07 bits per heavy atom. The third-order valence-corrected chi connectivity index (χ3v) is 6.23. The van der Waals surface area contributed by atoms with E-state index in [1.165, 1.54) is 36.1 Å². The van der Waals surface area contributed by atoms with Crippen LogP contribution in [0, 0.1) is 5.92 Å². The first-order valence-electron chi connectivity index (χ1n) is 8.59. The molecule has 0 saturated carbocycles. The molecule has 0 fully saturated rings. The summed E-state index contributed by atoms with van der Waals surface area (Å²) in [7, 11) is -2.15. The molecule has 0 radical (unpaired) electrons. The predicted molar refractivity (Wildman–Crippen MR) is 110 cm³/mol. The molecule has 0 amide bonds. The number of rotatable bonds is 7. The first-order chi connectivity index (χ1) is 12.9. The summed E-state index contributed by atoms with van der Waals surface area (Å²) in [4.78, 5) is 4.58. The summed E-state index contributed by atoms with van der Waals surface area (Å²) < 4.78 is 32.6. The molecule has 27 heavy (non-hydrogen) atoms. The summed E-state index contributed by atoms with van der Waals surface area (Å²) in [5.74, 6) is 1.21. The van der Waals surface area contributed by atoms with Gasteiger partial charge in [0.25, 0.3) is 10.0 Å². The maximum absolute atomic E-state index is 12.5. The molecule has 1 heterocycles. The predicted octanol–water partition coefficient (Wildman–Crippen LogP) is 4.82. The van der Waals surface area contributed by atoms with Gasteiger partial charge in [0.15, 0.2) is 5.13 Å². The molecule has 3 aromatic rings. The average Bonchev–Trinajstić information content (AvgIpc) is 3.09. The zero-order chi connectivity index (χ0) is 19.4. The Kier molecular flexibility index (Phi) is 5.82. The fourth-order valence-corrected chi connectivity index (χ4v) is 4.64. The van der Waals surface area contributed by atoms with Gasteiger partial charge in [0.2, 0.25) is 0 Å². The fourth-order valence-electron chi connectivity index (χ4n) is 2.66. The van der Waals surface area contributed by atoms with E-state index in [4.69, 9.17) is 4.74 Å². The van der Waals surface area contributed by atoms with E-state index in [0.717, 1.165) is 17.7 Å². The highest BCUT2D eigenvalue weighted by molar-refractivity contribution is 7.93. The van der Waals surface area contributed by atoms with Crippen molar-refractivity contribution in [3.05, 3.63) is 59.5 Å². The number of hydrogen-bond acceptors (Lipinski definition) is 5. The minimum Gasteiger partial charge on any atom is -0.497 e. The molecule has 0 unspecified atom stereocenters. The van der Waals surface area contributed by atoms with Gasteiger partial charge in [-0.2, -0.15) is 0 Å². The van der Waals surface area contributed by atoms with Crippen molar-refractivity contribution in [1.82, 2.24) is 4.98 Å². The van der Waals surface area contributed by atoms with Crippen LogP contribution in [0.15, 0.2) is 58.8 Å². The molecule has 0 spiro atoms. The van der Waals surface area contributed by atoms with Gasteiger partial charge < -0.3 is 4.74 Å². The molecule has 1 N–H and O–H groups in total. The van der Waals surface area contributed by atoms with E-state index in [-0.39, 0.29) is 4.90 Å². The summed E-state index contributed by atoms with van der Waals surface area (Å²) >= 11 is 1.26. The number of hydrogen-bond donors (Lipinski definition) is 1. The van der Waals surface area contributed by atoms with Crippen LogP contribution in [-0.4, -0.2) is 20.5 Å². The summed E-state index contributed by atoms with van der Waals surface area (Å²) in [6.07, 6.45) is 1.03. The van der Waals surface area contributed by atoms with Crippen LogP contribution in [0.4, 0.5) is 5.13 Å². The smallest absolute Gasteiger partial charge is 0.263 e. The maximum atomic E-state index is 12.5. The number of anilines is 1. The highest BCUT2D eigenvalue weighted by Gasteiger charge is 2.16. The molecule has 7 heteroatoms. The van der Waals surface area contributed by atoms with Gasteiger partial charge in [-0.15, -0.1) is 11.3 Å². The second-order valence-electron chi connectivity index (χ2n) is 6.61. The zero-order valence-corrected chi connectivity index (χ0v) is 17.1. The molecule has 0 aliphatic carbocycles. The van der Waals surface area contributed by atoms with Crippen molar-refractivity contribution < 1.29 is 13.2 Å². The largest absolute Gasteiger partial charge is 0.497 e. The van der Waals surface area contributed by atoms with Crippen molar-refractivity contribution in [3.63, 3.8) is 0 Å². The van der Waals surface area contributed by atoms with Crippen molar-refractivity contribution in [1.29, 1.82) is 0 Å². The molecule has 0 aliphatic heterocycles. The van der Waals surface area contributed by atoms with Crippen LogP contribution in [0.2, 0.25) is 0 Å². The van der Waals surface area contributed by atoms with Crippen LogP contribution in [0.5, 0.6) is 5.75 Å². The van der Waals surface area contributed by atoms with E-state index in [9.17, 15) is 8.42 Å². The van der Waals surface area contributed by atoms with Crippen molar-refractivity contribution in [3.8, 4) is 17.0 Å². The van der Waals surface area contributed by atoms with Crippen LogP contribution in [0.25, 0.3) is 11.3 Å². The molecular formula is C20H22N2O3S2. The van der Waals surface area contributed by atoms with E-state index >= 15 is 0 Å². The van der Waals surface area contributed by atoms with E-state index < -0.39 is 10.0 Å². The highest BCUT2D eigenvalue weighted by atomic mass is 32.2. The molecule has 1 aromatic heterocycles. The Hall–Kier alpha value is -2.38. The molecule has 0 atom stereocenters. The van der Waals surface area contributed by atoms with Gasteiger partial charge in [0.05, 0.1) is 17.7 Å². The quantitative estimate of drug-likeness (QED) is 0.615. The Labute approximate surface area is 164 Å². The fraction of sp³-hybridized carbons (Fsp3) is 0.250.